The molecule has 2 saturated carbocycles. The van der Waals surface area contributed by atoms with E-state index in [-0.39, 0.29) is 11.5 Å². The third-order valence-electron chi connectivity index (χ3n) is 4.40. The fourth-order valence-electron chi connectivity index (χ4n) is 3.82. The SMILES string of the molecule is C[Si](C)(C)O[C@@]12CCCCCC(=O)[C@@H]1CCCC2. The van der Waals surface area contributed by atoms with E-state index in [1.807, 2.05) is 0 Å². The van der Waals surface area contributed by atoms with Crippen molar-refractivity contribution in [2.24, 2.45) is 5.92 Å². The molecule has 0 amide bonds. The topological polar surface area (TPSA) is 26.3 Å². The Morgan fingerprint density at radius 1 is 1.06 bits per heavy atom. The maximum atomic E-state index is 12.4. The van der Waals surface area contributed by atoms with Gasteiger partial charge in [0.15, 0.2) is 8.32 Å². The van der Waals surface area contributed by atoms with E-state index < -0.39 is 8.32 Å². The summed E-state index contributed by atoms with van der Waals surface area (Å²) in [4.78, 5) is 12.4. The number of rotatable bonds is 2. The third kappa shape index (κ3) is 3.24. The summed E-state index contributed by atoms with van der Waals surface area (Å²) in [5.41, 5.74) is -0.0831. The van der Waals surface area contributed by atoms with Crippen LogP contribution in [0.15, 0.2) is 0 Å². The molecule has 2 rings (SSSR count). The Morgan fingerprint density at radius 2 is 1.72 bits per heavy atom. The Bertz CT molecular complexity index is 308. The van der Waals surface area contributed by atoms with Gasteiger partial charge >= 0.3 is 0 Å². The van der Waals surface area contributed by atoms with Gasteiger partial charge in [-0.2, -0.15) is 0 Å². The van der Waals surface area contributed by atoms with E-state index in [0.29, 0.717) is 5.78 Å². The molecule has 0 aromatic heterocycles. The van der Waals surface area contributed by atoms with Crippen molar-refractivity contribution in [1.82, 2.24) is 0 Å². The van der Waals surface area contributed by atoms with Gasteiger partial charge in [0.05, 0.1) is 5.60 Å². The molecule has 0 aromatic rings. The van der Waals surface area contributed by atoms with Crippen LogP contribution < -0.4 is 0 Å². The van der Waals surface area contributed by atoms with Gasteiger partial charge in [-0.3, -0.25) is 4.79 Å². The molecular weight excluding hydrogens is 240 g/mol. The highest BCUT2D eigenvalue weighted by molar-refractivity contribution is 6.69. The molecule has 2 fully saturated rings. The number of ketones is 1. The molecule has 18 heavy (non-hydrogen) atoms. The van der Waals surface area contributed by atoms with E-state index in [9.17, 15) is 4.79 Å². The van der Waals surface area contributed by atoms with Crippen molar-refractivity contribution < 1.29 is 9.22 Å². The molecule has 0 bridgehead atoms. The maximum absolute atomic E-state index is 12.4. The second-order valence-corrected chi connectivity index (χ2v) is 11.5. The van der Waals surface area contributed by atoms with Crippen LogP contribution in [0.2, 0.25) is 19.6 Å². The summed E-state index contributed by atoms with van der Waals surface area (Å²) < 4.78 is 6.59. The van der Waals surface area contributed by atoms with Crippen molar-refractivity contribution in [2.75, 3.05) is 0 Å². The van der Waals surface area contributed by atoms with Crippen molar-refractivity contribution >= 4 is 14.1 Å². The lowest BCUT2D eigenvalue weighted by atomic mass is 9.69. The smallest absolute Gasteiger partial charge is 0.184 e. The fourth-order valence-corrected chi connectivity index (χ4v) is 5.39. The lowest BCUT2D eigenvalue weighted by molar-refractivity contribution is -0.136. The highest BCUT2D eigenvalue weighted by atomic mass is 28.4. The van der Waals surface area contributed by atoms with Crippen molar-refractivity contribution in [2.45, 2.75) is 83.0 Å². The monoisotopic (exact) mass is 268 g/mol. The van der Waals surface area contributed by atoms with Gasteiger partial charge in [-0.1, -0.05) is 25.7 Å². The van der Waals surface area contributed by atoms with Crippen LogP contribution in [-0.2, 0) is 9.22 Å². The number of carbonyl (C=O) groups is 1. The van der Waals surface area contributed by atoms with Crippen LogP contribution >= 0.6 is 0 Å². The zero-order valence-electron chi connectivity index (χ0n) is 12.3. The zero-order valence-corrected chi connectivity index (χ0v) is 13.3. The first kappa shape index (κ1) is 14.3. The van der Waals surface area contributed by atoms with Crippen LogP contribution in [0.4, 0.5) is 0 Å². The Morgan fingerprint density at radius 3 is 2.39 bits per heavy atom. The number of fused-ring (bicyclic) bond motifs is 1. The van der Waals surface area contributed by atoms with Crippen molar-refractivity contribution in [1.29, 1.82) is 0 Å². The summed E-state index contributed by atoms with van der Waals surface area (Å²) in [5, 5.41) is 0. The molecule has 0 aliphatic heterocycles. The first-order valence-corrected chi connectivity index (χ1v) is 11.1. The summed E-state index contributed by atoms with van der Waals surface area (Å²) in [7, 11) is -1.58. The minimum absolute atomic E-state index is 0.0831. The predicted octanol–water partition coefficient (Wildman–Crippen LogP) is 4.30. The molecule has 0 heterocycles. The first-order valence-electron chi connectivity index (χ1n) is 7.66. The highest BCUT2D eigenvalue weighted by Gasteiger charge is 2.47. The normalized spacial score (nSPS) is 34.6. The van der Waals surface area contributed by atoms with Gasteiger partial charge in [0.25, 0.3) is 0 Å². The van der Waals surface area contributed by atoms with Crippen molar-refractivity contribution in [3.05, 3.63) is 0 Å². The Hall–Kier alpha value is -0.153. The fraction of sp³-hybridized carbons (Fsp3) is 0.933. The third-order valence-corrected chi connectivity index (χ3v) is 5.42. The van der Waals surface area contributed by atoms with E-state index in [0.717, 1.165) is 32.1 Å². The molecule has 0 aromatic carbocycles. The lowest BCUT2D eigenvalue weighted by Crippen LogP contribution is -2.52. The van der Waals surface area contributed by atoms with Crippen LogP contribution in [0, 0.1) is 5.92 Å². The van der Waals surface area contributed by atoms with E-state index in [2.05, 4.69) is 19.6 Å². The zero-order chi connectivity index (χ0) is 13.2. The van der Waals surface area contributed by atoms with Gasteiger partial charge < -0.3 is 4.43 Å². The van der Waals surface area contributed by atoms with Crippen LogP contribution in [0.25, 0.3) is 0 Å². The average Bonchev–Trinajstić information content (AvgIpc) is 2.24. The Kier molecular flexibility index (Phi) is 4.32. The number of Topliss-reactive ketones (excluding diaryl/α,β-unsaturated/α-hetero) is 1. The highest BCUT2D eigenvalue weighted by Crippen LogP contribution is 2.44. The number of hydrogen-bond donors (Lipinski definition) is 0. The Labute approximate surface area is 113 Å². The summed E-state index contributed by atoms with van der Waals surface area (Å²) in [5.74, 6) is 0.700. The van der Waals surface area contributed by atoms with Crippen LogP contribution in [0.1, 0.15) is 57.8 Å². The Balaban J connectivity index is 2.24. The minimum Gasteiger partial charge on any atom is -0.411 e. The standard InChI is InChI=1S/C15H28O2Si/c1-18(2,3)17-15-11-7-4-5-10-14(16)13(15)9-6-8-12-15/h13H,4-12H2,1-3H3/t13-,15+/m0/s1. The largest absolute Gasteiger partial charge is 0.411 e. The van der Waals surface area contributed by atoms with E-state index in [4.69, 9.17) is 4.43 Å². The van der Waals surface area contributed by atoms with Crippen LogP contribution in [0.3, 0.4) is 0 Å². The molecule has 0 radical (unpaired) electrons. The number of hydrogen-bond acceptors (Lipinski definition) is 2. The molecule has 2 aliphatic rings. The van der Waals surface area contributed by atoms with Gasteiger partial charge in [0.2, 0.25) is 0 Å². The second-order valence-electron chi connectivity index (χ2n) is 7.10. The van der Waals surface area contributed by atoms with Gasteiger partial charge in [0, 0.05) is 12.3 Å². The second kappa shape index (κ2) is 5.46. The van der Waals surface area contributed by atoms with Gasteiger partial charge in [0.1, 0.15) is 5.78 Å². The maximum Gasteiger partial charge on any atom is 0.184 e. The summed E-state index contributed by atoms with van der Waals surface area (Å²) in [6.07, 6.45) is 10.1. The molecule has 2 nitrogen and oxygen atoms in total. The van der Waals surface area contributed by atoms with Crippen molar-refractivity contribution in [3.8, 4) is 0 Å². The molecule has 104 valence electrons. The quantitative estimate of drug-likeness (QED) is 0.698. The van der Waals surface area contributed by atoms with Crippen molar-refractivity contribution in [3.63, 3.8) is 0 Å². The van der Waals surface area contributed by atoms with Crippen LogP contribution in [0.5, 0.6) is 0 Å². The molecule has 0 unspecified atom stereocenters. The summed E-state index contributed by atoms with van der Waals surface area (Å²) in [6.45, 7) is 6.78. The average molecular weight is 268 g/mol. The van der Waals surface area contributed by atoms with Crippen LogP contribution in [-0.4, -0.2) is 19.7 Å². The molecule has 0 spiro atoms. The molecule has 0 saturated heterocycles. The van der Waals surface area contributed by atoms with Gasteiger partial charge in [-0.25, -0.2) is 0 Å². The van der Waals surface area contributed by atoms with Gasteiger partial charge in [-0.15, -0.1) is 0 Å². The minimum atomic E-state index is -1.58. The summed E-state index contributed by atoms with van der Waals surface area (Å²) >= 11 is 0. The molecule has 2 aliphatic carbocycles. The van der Waals surface area contributed by atoms with E-state index in [1.165, 1.54) is 25.7 Å². The first-order chi connectivity index (χ1) is 8.43. The number of carbonyl (C=O) groups excluding carboxylic acids is 1. The van der Waals surface area contributed by atoms with E-state index in [1.54, 1.807) is 0 Å². The molecule has 0 N–H and O–H groups in total. The molecule has 2 atom stereocenters. The van der Waals surface area contributed by atoms with Gasteiger partial charge in [-0.05, 0) is 45.3 Å². The van der Waals surface area contributed by atoms with E-state index >= 15 is 0 Å². The molecule has 3 heteroatoms. The molecular formula is C15H28O2Si. The summed E-state index contributed by atoms with van der Waals surface area (Å²) in [6, 6.07) is 0. The predicted molar refractivity (Wildman–Crippen MR) is 77.2 cm³/mol. The lowest BCUT2D eigenvalue weighted by Gasteiger charge is -2.48.